The normalized spacial score (nSPS) is 12.7. The van der Waals surface area contributed by atoms with Gasteiger partial charge in [-0.2, -0.15) is 8.78 Å². The molecule has 0 fully saturated rings. The van der Waals surface area contributed by atoms with Crippen molar-refractivity contribution in [2.75, 3.05) is 6.61 Å². The molecule has 0 unspecified atom stereocenters. The summed E-state index contributed by atoms with van der Waals surface area (Å²) >= 11 is 0. The van der Waals surface area contributed by atoms with Crippen molar-refractivity contribution in [2.24, 2.45) is 0 Å². The zero-order chi connectivity index (χ0) is 24.7. The highest BCUT2D eigenvalue weighted by Crippen LogP contribution is 2.32. The first-order chi connectivity index (χ1) is 15.3. The molecule has 0 saturated carbocycles. The first-order valence-corrected chi connectivity index (χ1v) is 17.3. The predicted molar refractivity (Wildman–Crippen MR) is 131 cm³/mol. The summed E-state index contributed by atoms with van der Waals surface area (Å²) in [5.74, 6) is -0.592. The monoisotopic (exact) mass is 494 g/mol. The average Bonchev–Trinajstić information content (AvgIpc) is 2.69. The molecule has 180 valence electrons. The van der Waals surface area contributed by atoms with E-state index in [1.165, 1.54) is 54.6 Å². The van der Waals surface area contributed by atoms with Gasteiger partial charge < -0.3 is 18.7 Å². The van der Waals surface area contributed by atoms with Crippen LogP contribution >= 0.6 is 0 Å². The van der Waals surface area contributed by atoms with Gasteiger partial charge >= 0.3 is 12.1 Å². The minimum absolute atomic E-state index is 0.0277. The molecule has 9 heteroatoms. The Morgan fingerprint density at radius 2 is 1.55 bits per heavy atom. The van der Waals surface area contributed by atoms with Crippen LogP contribution in [0.4, 0.5) is 8.78 Å². The summed E-state index contributed by atoms with van der Waals surface area (Å²) in [6, 6.07) is 12.3. The van der Waals surface area contributed by atoms with Crippen LogP contribution in [0.3, 0.4) is 0 Å². The average molecular weight is 495 g/mol. The second-order valence-electron chi connectivity index (χ2n) is 9.31. The molecule has 0 saturated heterocycles. The summed E-state index contributed by atoms with van der Waals surface area (Å²) in [7, 11) is -3.29. The molecule has 2 rings (SSSR count). The van der Waals surface area contributed by atoms with Crippen LogP contribution < -0.4 is 9.47 Å². The smallest absolute Gasteiger partial charge is 0.426 e. The van der Waals surface area contributed by atoms with Gasteiger partial charge in [0.05, 0.1) is 12.2 Å². The van der Waals surface area contributed by atoms with Gasteiger partial charge in [-0.05, 0) is 93.2 Å². The molecule has 0 aliphatic rings. The number of benzene rings is 2. The molecular formula is C24H32F2O5Si2. The van der Waals surface area contributed by atoms with Crippen LogP contribution in [0.25, 0.3) is 6.08 Å². The third kappa shape index (κ3) is 9.89. The fourth-order valence-electron chi connectivity index (χ4n) is 3.33. The summed E-state index contributed by atoms with van der Waals surface area (Å²) in [6.45, 7) is 11.5. The van der Waals surface area contributed by atoms with Crippen molar-refractivity contribution in [3.63, 3.8) is 0 Å². The van der Waals surface area contributed by atoms with Crippen LogP contribution in [0.5, 0.6) is 11.5 Å². The van der Waals surface area contributed by atoms with Gasteiger partial charge in [-0.3, -0.25) is 0 Å². The van der Waals surface area contributed by atoms with Gasteiger partial charge in [-0.15, -0.1) is 0 Å². The SMILES string of the molecule is C[Si](C)(C)O[Si](C)(C)CCCOc1ccc(C(F)(F)Oc2ccc(C=CC(=O)O)cc2)cc1. The van der Waals surface area contributed by atoms with Crippen LogP contribution in [-0.4, -0.2) is 34.3 Å². The lowest BCUT2D eigenvalue weighted by atomic mass is 10.2. The highest BCUT2D eigenvalue weighted by molar-refractivity contribution is 6.84. The van der Waals surface area contributed by atoms with Crippen molar-refractivity contribution in [3.05, 3.63) is 65.7 Å². The van der Waals surface area contributed by atoms with E-state index in [2.05, 4.69) is 32.7 Å². The fraction of sp³-hybridized carbons (Fsp3) is 0.375. The Morgan fingerprint density at radius 1 is 0.970 bits per heavy atom. The zero-order valence-electron chi connectivity index (χ0n) is 19.7. The fourth-order valence-corrected chi connectivity index (χ4v) is 11.4. The van der Waals surface area contributed by atoms with E-state index in [4.69, 9.17) is 18.7 Å². The molecule has 0 amide bonds. The number of halogens is 2. The number of hydrogen-bond acceptors (Lipinski definition) is 4. The topological polar surface area (TPSA) is 65.0 Å². The molecule has 0 radical (unpaired) electrons. The summed E-state index contributed by atoms with van der Waals surface area (Å²) in [5, 5.41) is 8.64. The first kappa shape index (κ1) is 26.8. The summed E-state index contributed by atoms with van der Waals surface area (Å²) in [6.07, 6.45) is -0.341. The largest absolute Gasteiger partial charge is 0.494 e. The molecule has 2 aromatic carbocycles. The molecule has 0 bridgehead atoms. The Hall–Kier alpha value is -2.50. The number of aliphatic carboxylic acids is 1. The molecule has 2 aromatic rings. The van der Waals surface area contributed by atoms with Gasteiger partial charge in [0.15, 0.2) is 16.6 Å². The van der Waals surface area contributed by atoms with Gasteiger partial charge in [-0.25, -0.2) is 4.79 Å². The molecule has 0 aromatic heterocycles. The van der Waals surface area contributed by atoms with Crippen molar-refractivity contribution in [1.29, 1.82) is 0 Å². The number of alkyl halides is 2. The third-order valence-corrected chi connectivity index (χ3v) is 10.7. The van der Waals surface area contributed by atoms with Gasteiger partial charge in [0.25, 0.3) is 0 Å². The molecule has 33 heavy (non-hydrogen) atoms. The number of hydrogen-bond donors (Lipinski definition) is 1. The summed E-state index contributed by atoms with van der Waals surface area (Å²) in [4.78, 5) is 10.5. The lowest BCUT2D eigenvalue weighted by Gasteiger charge is -2.31. The van der Waals surface area contributed by atoms with Crippen LogP contribution in [-0.2, 0) is 15.0 Å². The number of ether oxygens (including phenoxy) is 2. The number of carboxylic acids is 1. The van der Waals surface area contributed by atoms with Gasteiger partial charge in [-0.1, -0.05) is 12.1 Å². The van der Waals surface area contributed by atoms with E-state index in [-0.39, 0.29) is 11.3 Å². The van der Waals surface area contributed by atoms with E-state index in [0.29, 0.717) is 17.9 Å². The molecule has 0 heterocycles. The lowest BCUT2D eigenvalue weighted by Crippen LogP contribution is -2.42. The Morgan fingerprint density at radius 3 is 2.09 bits per heavy atom. The second-order valence-corrected chi connectivity index (χ2v) is 18.4. The number of rotatable bonds is 12. The standard InChI is InChI=1S/C24H32F2O5Si2/c1-32(2,3)31-33(4,5)18-6-17-29-21-14-10-20(11-15-21)24(25,26)30-22-12-7-19(8-13-22)9-16-23(27)28/h7-16H,6,17-18H2,1-5H3,(H,27,28). The number of carbonyl (C=O) groups is 1. The van der Waals surface area contributed by atoms with Crippen LogP contribution in [0, 0.1) is 0 Å². The Labute approximate surface area is 196 Å². The molecule has 0 spiro atoms. The van der Waals surface area contributed by atoms with Gasteiger partial charge in [0, 0.05) is 6.08 Å². The van der Waals surface area contributed by atoms with E-state index in [1.54, 1.807) is 0 Å². The highest BCUT2D eigenvalue weighted by atomic mass is 28.4. The van der Waals surface area contributed by atoms with E-state index in [9.17, 15) is 13.6 Å². The quantitative estimate of drug-likeness (QED) is 0.201. The molecule has 0 aliphatic heterocycles. The predicted octanol–water partition coefficient (Wildman–Crippen LogP) is 6.74. The van der Waals surface area contributed by atoms with Gasteiger partial charge in [0.2, 0.25) is 0 Å². The van der Waals surface area contributed by atoms with Crippen molar-refractivity contribution in [2.45, 2.75) is 51.3 Å². The number of carboxylic acid groups (broad SMARTS) is 1. The summed E-state index contributed by atoms with van der Waals surface area (Å²) < 4.78 is 46.0. The van der Waals surface area contributed by atoms with E-state index >= 15 is 0 Å². The Balaban J connectivity index is 1.88. The Kier molecular flexibility index (Phi) is 8.99. The molecule has 0 atom stereocenters. The van der Waals surface area contributed by atoms with Crippen LogP contribution in [0.15, 0.2) is 54.6 Å². The van der Waals surface area contributed by atoms with Gasteiger partial charge in [0.1, 0.15) is 11.5 Å². The molecule has 1 N–H and O–H groups in total. The van der Waals surface area contributed by atoms with E-state index < -0.39 is 28.7 Å². The second kappa shape index (κ2) is 11.1. The minimum Gasteiger partial charge on any atom is -0.494 e. The summed E-state index contributed by atoms with van der Waals surface area (Å²) in [5.41, 5.74) is 0.273. The van der Waals surface area contributed by atoms with Crippen molar-refractivity contribution in [1.82, 2.24) is 0 Å². The van der Waals surface area contributed by atoms with E-state index in [1.807, 2.05) is 0 Å². The maximum atomic E-state index is 14.5. The van der Waals surface area contributed by atoms with Crippen molar-refractivity contribution >= 4 is 28.7 Å². The first-order valence-electron chi connectivity index (χ1n) is 10.8. The molecular weight excluding hydrogens is 462 g/mol. The van der Waals surface area contributed by atoms with Crippen molar-refractivity contribution < 1.29 is 32.3 Å². The Bertz CT molecular complexity index is 937. The maximum absolute atomic E-state index is 14.5. The minimum atomic E-state index is -3.53. The molecule has 5 nitrogen and oxygen atoms in total. The maximum Gasteiger partial charge on any atom is 0.426 e. The highest BCUT2D eigenvalue weighted by Gasteiger charge is 2.34. The van der Waals surface area contributed by atoms with E-state index in [0.717, 1.165) is 18.5 Å². The zero-order valence-corrected chi connectivity index (χ0v) is 21.7. The van der Waals surface area contributed by atoms with Crippen molar-refractivity contribution in [3.8, 4) is 11.5 Å². The third-order valence-electron chi connectivity index (χ3n) is 4.51. The van der Waals surface area contributed by atoms with Crippen LogP contribution in [0.2, 0.25) is 38.8 Å². The lowest BCUT2D eigenvalue weighted by molar-refractivity contribution is -0.185. The van der Waals surface area contributed by atoms with Crippen LogP contribution in [0.1, 0.15) is 17.5 Å². The molecule has 0 aliphatic carbocycles.